The zero-order valence-electron chi connectivity index (χ0n) is 12.3. The number of amides is 1. The molecule has 0 saturated heterocycles. The molecule has 0 aliphatic rings. The largest absolute Gasteiger partial charge is 0.325 e. The molecule has 0 fully saturated rings. The lowest BCUT2D eigenvalue weighted by atomic mass is 10.1. The predicted molar refractivity (Wildman–Crippen MR) is 76.3 cm³/mol. The van der Waals surface area contributed by atoms with Crippen LogP contribution in [0.3, 0.4) is 0 Å². The SMILES string of the molecule is CC(C)(C)N(CC(=O)Nc1ccc(F)c(F)c1)S(C)(=O)=O. The molecule has 8 heteroatoms. The van der Waals surface area contributed by atoms with Crippen molar-refractivity contribution in [2.45, 2.75) is 26.3 Å². The van der Waals surface area contributed by atoms with Crippen LogP contribution in [-0.2, 0) is 14.8 Å². The van der Waals surface area contributed by atoms with Gasteiger partial charge < -0.3 is 5.32 Å². The highest BCUT2D eigenvalue weighted by Gasteiger charge is 2.31. The first-order valence-corrected chi connectivity index (χ1v) is 7.99. The molecule has 0 unspecified atom stereocenters. The number of hydrogen-bond acceptors (Lipinski definition) is 3. The van der Waals surface area contributed by atoms with E-state index in [1.54, 1.807) is 20.8 Å². The van der Waals surface area contributed by atoms with Gasteiger partial charge in [-0.2, -0.15) is 4.31 Å². The summed E-state index contributed by atoms with van der Waals surface area (Å²) in [5.41, 5.74) is -0.722. The third-order valence-electron chi connectivity index (χ3n) is 2.64. The summed E-state index contributed by atoms with van der Waals surface area (Å²) >= 11 is 0. The fourth-order valence-corrected chi connectivity index (χ4v) is 3.10. The van der Waals surface area contributed by atoms with Crippen LogP contribution < -0.4 is 5.32 Å². The van der Waals surface area contributed by atoms with Crippen molar-refractivity contribution in [3.05, 3.63) is 29.8 Å². The summed E-state index contributed by atoms with van der Waals surface area (Å²) in [6.07, 6.45) is 1.00. The van der Waals surface area contributed by atoms with Gasteiger partial charge in [-0.05, 0) is 32.9 Å². The van der Waals surface area contributed by atoms with Crippen molar-refractivity contribution < 1.29 is 22.0 Å². The molecule has 1 amide bonds. The van der Waals surface area contributed by atoms with Crippen LogP contribution in [0.1, 0.15) is 20.8 Å². The smallest absolute Gasteiger partial charge is 0.239 e. The average molecular weight is 320 g/mol. The van der Waals surface area contributed by atoms with Gasteiger partial charge in [0.25, 0.3) is 0 Å². The van der Waals surface area contributed by atoms with E-state index < -0.39 is 39.6 Å². The Balaban J connectivity index is 2.86. The minimum atomic E-state index is -3.59. The molecule has 0 aromatic heterocycles. The minimum Gasteiger partial charge on any atom is -0.325 e. The van der Waals surface area contributed by atoms with Crippen molar-refractivity contribution in [2.24, 2.45) is 0 Å². The Morgan fingerprint density at radius 2 is 1.81 bits per heavy atom. The first kappa shape index (κ1) is 17.5. The van der Waals surface area contributed by atoms with E-state index in [4.69, 9.17) is 0 Å². The average Bonchev–Trinajstić information content (AvgIpc) is 2.28. The van der Waals surface area contributed by atoms with E-state index in [2.05, 4.69) is 5.32 Å². The quantitative estimate of drug-likeness (QED) is 0.922. The molecule has 0 aliphatic carbocycles. The zero-order valence-corrected chi connectivity index (χ0v) is 13.1. The highest BCUT2D eigenvalue weighted by atomic mass is 32.2. The summed E-state index contributed by atoms with van der Waals surface area (Å²) in [7, 11) is -3.59. The molecule has 118 valence electrons. The molecule has 0 saturated carbocycles. The van der Waals surface area contributed by atoms with E-state index in [9.17, 15) is 22.0 Å². The molecule has 1 aromatic rings. The van der Waals surface area contributed by atoms with E-state index in [0.717, 1.165) is 22.7 Å². The number of hydrogen-bond donors (Lipinski definition) is 1. The molecule has 0 bridgehead atoms. The number of nitrogens with zero attached hydrogens (tertiary/aromatic N) is 1. The van der Waals surface area contributed by atoms with Crippen molar-refractivity contribution >= 4 is 21.6 Å². The summed E-state index contributed by atoms with van der Waals surface area (Å²) in [4.78, 5) is 11.9. The van der Waals surface area contributed by atoms with E-state index in [0.29, 0.717) is 0 Å². The molecule has 0 aliphatic heterocycles. The molecule has 1 N–H and O–H groups in total. The maximum absolute atomic E-state index is 13.0. The summed E-state index contributed by atoms with van der Waals surface area (Å²) in [5, 5.41) is 2.33. The first-order valence-electron chi connectivity index (χ1n) is 6.14. The van der Waals surface area contributed by atoms with Crippen molar-refractivity contribution in [1.82, 2.24) is 4.31 Å². The second-order valence-corrected chi connectivity index (χ2v) is 7.52. The van der Waals surface area contributed by atoms with Crippen LogP contribution in [0.5, 0.6) is 0 Å². The van der Waals surface area contributed by atoms with Crippen LogP contribution in [-0.4, -0.2) is 37.0 Å². The highest BCUT2D eigenvalue weighted by molar-refractivity contribution is 7.88. The number of carbonyl (C=O) groups excluding carboxylic acids is 1. The van der Waals surface area contributed by atoms with Gasteiger partial charge in [0.2, 0.25) is 15.9 Å². The van der Waals surface area contributed by atoms with Gasteiger partial charge in [0.1, 0.15) is 0 Å². The van der Waals surface area contributed by atoms with Gasteiger partial charge in [-0.15, -0.1) is 0 Å². The van der Waals surface area contributed by atoms with Gasteiger partial charge >= 0.3 is 0 Å². The molecule has 1 aromatic carbocycles. The maximum Gasteiger partial charge on any atom is 0.239 e. The van der Waals surface area contributed by atoms with E-state index in [1.165, 1.54) is 6.07 Å². The molecular weight excluding hydrogens is 302 g/mol. The number of sulfonamides is 1. The molecule has 1 rings (SSSR count). The normalized spacial score (nSPS) is 12.5. The number of benzene rings is 1. The standard InChI is InChI=1S/C13H18F2N2O3S/c1-13(2,3)17(21(4,19)20)8-12(18)16-9-5-6-10(14)11(15)7-9/h5-7H,8H2,1-4H3,(H,16,18). The molecule has 0 spiro atoms. The summed E-state index contributed by atoms with van der Waals surface area (Å²) in [6, 6.07) is 2.90. The van der Waals surface area contributed by atoms with Gasteiger partial charge in [0.05, 0.1) is 12.8 Å². The van der Waals surface area contributed by atoms with Gasteiger partial charge in [0, 0.05) is 17.3 Å². The molecular formula is C13H18F2N2O3S. The first-order chi connectivity index (χ1) is 9.41. The van der Waals surface area contributed by atoms with Crippen LogP contribution >= 0.6 is 0 Å². The number of halogens is 2. The topological polar surface area (TPSA) is 66.5 Å². The molecule has 5 nitrogen and oxygen atoms in total. The number of carbonyl (C=O) groups is 1. The van der Waals surface area contributed by atoms with Crippen LogP contribution in [0.2, 0.25) is 0 Å². The second kappa shape index (κ2) is 6.07. The Bertz CT molecular complexity index is 639. The zero-order chi connectivity index (χ0) is 16.4. The van der Waals surface area contributed by atoms with Gasteiger partial charge in [-0.25, -0.2) is 17.2 Å². The number of rotatable bonds is 4. The lowest BCUT2D eigenvalue weighted by Gasteiger charge is -2.32. The third-order valence-corrected chi connectivity index (χ3v) is 4.12. The van der Waals surface area contributed by atoms with Crippen molar-refractivity contribution in [3.8, 4) is 0 Å². The van der Waals surface area contributed by atoms with Gasteiger partial charge in [0.15, 0.2) is 11.6 Å². The Morgan fingerprint density at radius 1 is 1.24 bits per heavy atom. The van der Waals surface area contributed by atoms with Crippen LogP contribution in [0.15, 0.2) is 18.2 Å². The molecule has 0 radical (unpaired) electrons. The van der Waals surface area contributed by atoms with Crippen molar-refractivity contribution in [3.63, 3.8) is 0 Å². The Kier molecular flexibility index (Phi) is 5.06. The van der Waals surface area contributed by atoms with Gasteiger partial charge in [-0.3, -0.25) is 4.79 Å². The number of anilines is 1. The van der Waals surface area contributed by atoms with Gasteiger partial charge in [-0.1, -0.05) is 0 Å². The molecule has 0 atom stereocenters. The maximum atomic E-state index is 13.0. The number of nitrogens with one attached hydrogen (secondary N) is 1. The minimum absolute atomic E-state index is 0.0567. The van der Waals surface area contributed by atoms with Crippen molar-refractivity contribution in [2.75, 3.05) is 18.1 Å². The Morgan fingerprint density at radius 3 is 2.24 bits per heavy atom. The second-order valence-electron chi connectivity index (χ2n) is 5.62. The Hall–Kier alpha value is -1.54. The summed E-state index contributed by atoms with van der Waals surface area (Å²) in [5.74, 6) is -2.76. The van der Waals surface area contributed by atoms with E-state index in [-0.39, 0.29) is 5.69 Å². The lowest BCUT2D eigenvalue weighted by Crippen LogP contribution is -2.48. The summed E-state index contributed by atoms with van der Waals surface area (Å²) in [6.45, 7) is 4.54. The van der Waals surface area contributed by atoms with E-state index >= 15 is 0 Å². The lowest BCUT2D eigenvalue weighted by molar-refractivity contribution is -0.117. The van der Waals surface area contributed by atoms with Crippen LogP contribution in [0, 0.1) is 11.6 Å². The summed E-state index contributed by atoms with van der Waals surface area (Å²) < 4.78 is 50.2. The third kappa shape index (κ3) is 5.05. The highest BCUT2D eigenvalue weighted by Crippen LogP contribution is 2.18. The fourth-order valence-electron chi connectivity index (χ4n) is 1.76. The predicted octanol–water partition coefficient (Wildman–Crippen LogP) is 1.96. The monoisotopic (exact) mass is 320 g/mol. The van der Waals surface area contributed by atoms with E-state index in [1.807, 2.05) is 0 Å². The fraction of sp³-hybridized carbons (Fsp3) is 0.462. The molecule has 0 heterocycles. The Labute approximate surface area is 123 Å². The van der Waals surface area contributed by atoms with Crippen LogP contribution in [0.25, 0.3) is 0 Å². The molecule has 21 heavy (non-hydrogen) atoms. The van der Waals surface area contributed by atoms with Crippen LogP contribution in [0.4, 0.5) is 14.5 Å². The van der Waals surface area contributed by atoms with Crippen molar-refractivity contribution in [1.29, 1.82) is 0 Å².